The fourth-order valence-corrected chi connectivity index (χ4v) is 16.6. The van der Waals surface area contributed by atoms with Gasteiger partial charge in [-0.1, -0.05) is 18.2 Å². The Kier molecular flexibility index (Phi) is 19.8. The SMILES string of the molecule is CCN1C[C@@H]2CC(N3CCCC3)c3c(C(=O)NCc4ccc(F)cc4F)c(=O)c(O)c(n32)C1=O.CCN1C[C@H]2CC(N3CCCC3)c3c(C(=O)NCc4ccc(F)cc4F)c(=O)c(O)c(n32)C1=O.CCN1C[C@H]2CC(N3CCCC3)c3c(C(=O)NCc4ccc(F)cc4F)c(=O)c(O)c(n32)C1=O. The van der Waals surface area contributed by atoms with Crippen LogP contribution in [0.1, 0.15) is 211 Å². The summed E-state index contributed by atoms with van der Waals surface area (Å²) >= 11 is 0. The topological polar surface area (TPSA) is 285 Å². The Bertz CT molecular complexity index is 4170. The number of nitrogens with one attached hydrogen (secondary N) is 3. The lowest BCUT2D eigenvalue weighted by atomic mass is 10.0. The van der Waals surface area contributed by atoms with Crippen LogP contribution >= 0.6 is 0 Å². The first-order chi connectivity index (χ1) is 48.9. The number of hydrogen-bond donors (Lipinski definition) is 6. The molecule has 6 aromatic rings. The summed E-state index contributed by atoms with van der Waals surface area (Å²) in [6, 6.07) is 7.87. The Morgan fingerprint density at radius 3 is 0.873 bits per heavy atom. The molecule has 3 aromatic heterocycles. The molecule has 6 atom stereocenters. The van der Waals surface area contributed by atoms with Crippen molar-refractivity contribution >= 4 is 35.4 Å². The number of likely N-dealkylation sites (N-methyl/N-ethyl adjacent to an activating group) is 3. The predicted molar refractivity (Wildman–Crippen MR) is 356 cm³/mol. The standard InChI is InChI=1S/3C24H26F2N4O4/c3*1-2-28-12-15-10-17(29-7-3-4-8-29)19-18(21(31)22(32)20(24(28)34)30(15)19)23(33)27-11-13-5-6-14(25)9-16(13)26/h3*5-6,9,15,17,32H,2-4,7-8,10-12H2,1H3,(H,27,33)/t3*15-,17?/m110/s1. The van der Waals surface area contributed by atoms with Crippen LogP contribution in [-0.2, 0) is 19.6 Å². The highest BCUT2D eigenvalue weighted by Crippen LogP contribution is 2.49. The summed E-state index contributed by atoms with van der Waals surface area (Å²) in [7, 11) is 0. The van der Waals surface area contributed by atoms with Crippen molar-refractivity contribution in [3.63, 3.8) is 0 Å². The van der Waals surface area contributed by atoms with Crippen molar-refractivity contribution in [2.75, 3.05) is 78.5 Å². The summed E-state index contributed by atoms with van der Waals surface area (Å²) < 4.78 is 86.9. The molecule has 9 aliphatic heterocycles. The molecular weight excluding hydrogens is 1340 g/mol. The van der Waals surface area contributed by atoms with E-state index >= 15 is 0 Å². The fourth-order valence-electron chi connectivity index (χ4n) is 16.6. The monoisotopic (exact) mass is 1420 g/mol. The van der Waals surface area contributed by atoms with Gasteiger partial charge in [0.1, 0.15) is 51.6 Å². The second-order valence-corrected chi connectivity index (χ2v) is 27.2. The minimum Gasteiger partial charge on any atom is -0.503 e. The summed E-state index contributed by atoms with van der Waals surface area (Å²) in [6.45, 7) is 12.3. The van der Waals surface area contributed by atoms with Crippen molar-refractivity contribution in [3.8, 4) is 17.2 Å². The van der Waals surface area contributed by atoms with Gasteiger partial charge in [0.2, 0.25) is 16.3 Å². The Morgan fingerprint density at radius 1 is 0.402 bits per heavy atom. The molecule has 102 heavy (non-hydrogen) atoms. The highest BCUT2D eigenvalue weighted by molar-refractivity contribution is 6.03. The summed E-state index contributed by atoms with van der Waals surface area (Å²) in [4.78, 5) is 130. The van der Waals surface area contributed by atoms with Crippen molar-refractivity contribution in [1.82, 2.24) is 59.1 Å². The van der Waals surface area contributed by atoms with Gasteiger partial charge in [-0.25, -0.2) is 26.3 Å². The first-order valence-corrected chi connectivity index (χ1v) is 34.7. The number of carbonyl (C=O) groups excluding carboxylic acids is 6. The average Bonchev–Trinajstić information content (AvgIpc) is 1.54. The van der Waals surface area contributed by atoms with Gasteiger partial charge < -0.3 is 59.7 Å². The van der Waals surface area contributed by atoms with E-state index in [-0.39, 0.29) is 106 Å². The number of likely N-dealkylation sites (tertiary alicyclic amines) is 3. The molecule has 15 rings (SSSR count). The lowest BCUT2D eigenvalue weighted by Gasteiger charge is -2.33. The Labute approximate surface area is 580 Å². The third-order valence-electron chi connectivity index (χ3n) is 21.5. The second kappa shape index (κ2) is 28.5. The molecule has 0 bridgehead atoms. The molecule has 6 amide bonds. The molecule has 3 aromatic carbocycles. The van der Waals surface area contributed by atoms with Gasteiger partial charge in [0, 0.05) is 93.8 Å². The van der Waals surface area contributed by atoms with E-state index in [1.807, 2.05) is 20.8 Å². The van der Waals surface area contributed by atoms with Crippen molar-refractivity contribution < 1.29 is 70.4 Å². The van der Waals surface area contributed by atoms with Crippen LogP contribution in [0.15, 0.2) is 69.0 Å². The molecule has 12 heterocycles. The molecule has 3 fully saturated rings. The van der Waals surface area contributed by atoms with Gasteiger partial charge in [-0.3, -0.25) is 57.9 Å². The van der Waals surface area contributed by atoms with Gasteiger partial charge >= 0.3 is 0 Å². The van der Waals surface area contributed by atoms with Gasteiger partial charge in [-0.2, -0.15) is 0 Å². The minimum absolute atomic E-state index is 0.0659. The third-order valence-corrected chi connectivity index (χ3v) is 21.5. The zero-order chi connectivity index (χ0) is 72.4. The fraction of sp³-hybridized carbons (Fsp3) is 0.458. The van der Waals surface area contributed by atoms with E-state index < -0.39 is 104 Å². The number of carbonyl (C=O) groups is 6. The smallest absolute Gasteiger partial charge is 0.274 e. The average molecular weight is 1420 g/mol. The van der Waals surface area contributed by atoms with E-state index in [0.29, 0.717) is 75.6 Å². The van der Waals surface area contributed by atoms with Crippen LogP contribution in [0.2, 0.25) is 0 Å². The largest absolute Gasteiger partial charge is 0.503 e. The predicted octanol–water partition coefficient (Wildman–Crippen LogP) is 6.96. The lowest BCUT2D eigenvalue weighted by molar-refractivity contribution is 0.0666. The molecular formula is C72H78F6N12O12. The minimum atomic E-state index is -0.908. The number of benzene rings is 3. The third kappa shape index (κ3) is 12.5. The van der Waals surface area contributed by atoms with Gasteiger partial charge in [0.25, 0.3) is 35.4 Å². The Hall–Kier alpha value is -9.81. The number of aromatic nitrogens is 3. The van der Waals surface area contributed by atoms with Gasteiger partial charge in [-0.15, -0.1) is 0 Å². The van der Waals surface area contributed by atoms with Crippen LogP contribution in [0.4, 0.5) is 26.3 Å². The number of aromatic hydroxyl groups is 3. The van der Waals surface area contributed by atoms with Crippen LogP contribution in [0, 0.1) is 34.9 Å². The van der Waals surface area contributed by atoms with Crippen molar-refractivity contribution in [2.45, 2.75) is 134 Å². The normalized spacial score (nSPS) is 21.7. The van der Waals surface area contributed by atoms with Gasteiger partial charge in [0.15, 0.2) is 34.3 Å². The first-order valence-electron chi connectivity index (χ1n) is 34.7. The molecule has 3 unspecified atom stereocenters. The van der Waals surface area contributed by atoms with Crippen LogP contribution in [0.3, 0.4) is 0 Å². The molecule has 0 saturated carbocycles. The van der Waals surface area contributed by atoms with Crippen molar-refractivity contribution in [1.29, 1.82) is 0 Å². The number of nitrogens with zero attached hydrogens (tertiary/aromatic N) is 9. The Balaban J connectivity index is 0.000000137. The van der Waals surface area contributed by atoms with Crippen molar-refractivity contribution in [3.05, 3.63) is 188 Å². The van der Waals surface area contributed by atoms with Gasteiger partial charge in [-0.05, 0) is 136 Å². The second-order valence-electron chi connectivity index (χ2n) is 27.2. The van der Waals surface area contributed by atoms with E-state index in [9.17, 15) is 84.8 Å². The lowest BCUT2D eigenvalue weighted by Crippen LogP contribution is -2.44. The van der Waals surface area contributed by atoms with Crippen LogP contribution < -0.4 is 32.2 Å². The summed E-state index contributed by atoms with van der Waals surface area (Å²) in [6.07, 6.45) is 7.86. The van der Waals surface area contributed by atoms with E-state index in [0.717, 1.165) is 114 Å². The van der Waals surface area contributed by atoms with E-state index in [1.54, 1.807) is 28.4 Å². The van der Waals surface area contributed by atoms with Gasteiger partial charge in [0.05, 0.1) is 53.3 Å². The summed E-state index contributed by atoms with van der Waals surface area (Å²) in [5.41, 5.74) is -2.09. The molecule has 0 radical (unpaired) electrons. The molecule has 24 nitrogen and oxygen atoms in total. The molecule has 0 spiro atoms. The number of pyridine rings is 3. The molecule has 30 heteroatoms. The van der Waals surface area contributed by atoms with Crippen LogP contribution in [-0.4, -0.2) is 172 Å². The zero-order valence-corrected chi connectivity index (χ0v) is 56.4. The van der Waals surface area contributed by atoms with E-state index in [1.165, 1.54) is 18.2 Å². The molecule has 0 aliphatic carbocycles. The van der Waals surface area contributed by atoms with Crippen LogP contribution in [0.5, 0.6) is 17.2 Å². The summed E-state index contributed by atoms with van der Waals surface area (Å²) in [5, 5.41) is 39.9. The molecule has 9 aliphatic rings. The van der Waals surface area contributed by atoms with Crippen LogP contribution in [0.25, 0.3) is 0 Å². The maximum atomic E-state index is 14.1. The maximum Gasteiger partial charge on any atom is 0.274 e. The van der Waals surface area contributed by atoms with E-state index in [2.05, 4.69) is 30.7 Å². The number of hydrogen-bond acceptors (Lipinski definition) is 15. The molecule has 3 saturated heterocycles. The maximum absolute atomic E-state index is 14.1. The zero-order valence-electron chi connectivity index (χ0n) is 56.4. The quantitative estimate of drug-likeness (QED) is 0.0567. The molecule has 6 N–H and O–H groups in total. The number of rotatable bonds is 15. The number of amides is 6. The van der Waals surface area contributed by atoms with Crippen molar-refractivity contribution in [2.24, 2.45) is 0 Å². The Morgan fingerprint density at radius 2 is 0.647 bits per heavy atom. The first kappa shape index (κ1) is 70.6. The molecule has 540 valence electrons. The highest BCUT2D eigenvalue weighted by atomic mass is 19.2. The number of halogens is 6. The van der Waals surface area contributed by atoms with E-state index in [4.69, 9.17) is 0 Å². The highest BCUT2D eigenvalue weighted by Gasteiger charge is 2.51. The summed E-state index contributed by atoms with van der Waals surface area (Å²) in [5.74, 6) is -10.4.